The van der Waals surface area contributed by atoms with Crippen LogP contribution in [-0.2, 0) is 0 Å². The highest BCUT2D eigenvalue weighted by atomic mass is 19.3. The van der Waals surface area contributed by atoms with Crippen LogP contribution in [0.25, 0.3) is 21.9 Å². The summed E-state index contributed by atoms with van der Waals surface area (Å²) in [7, 11) is 0. The molecule has 4 heteroatoms. The topological polar surface area (TPSA) is 9.23 Å². The highest BCUT2D eigenvalue weighted by Crippen LogP contribution is 2.32. The number of alkyl halides is 2. The Morgan fingerprint density at radius 1 is 0.971 bits per heavy atom. The van der Waals surface area contributed by atoms with Crippen LogP contribution in [0.2, 0.25) is 0 Å². The lowest BCUT2D eigenvalue weighted by Gasteiger charge is -2.25. The van der Waals surface area contributed by atoms with Crippen molar-refractivity contribution in [3.8, 4) is 28.7 Å². The highest BCUT2D eigenvalue weighted by Gasteiger charge is 2.19. The molecule has 0 N–H and O–H groups in total. The predicted octanol–water partition coefficient (Wildman–Crippen LogP) is 8.76. The molecule has 0 aliphatic heterocycles. The van der Waals surface area contributed by atoms with Gasteiger partial charge in [-0.3, -0.25) is 0 Å². The van der Waals surface area contributed by atoms with Crippen LogP contribution in [-0.4, -0.2) is 6.61 Å². The van der Waals surface area contributed by atoms with E-state index in [-0.39, 0.29) is 5.39 Å². The summed E-state index contributed by atoms with van der Waals surface area (Å²) >= 11 is 0. The van der Waals surface area contributed by atoms with Crippen molar-refractivity contribution in [2.75, 3.05) is 0 Å². The predicted molar refractivity (Wildman–Crippen MR) is 132 cm³/mol. The summed E-state index contributed by atoms with van der Waals surface area (Å²) in [6, 6.07) is 16.1. The van der Waals surface area contributed by atoms with Gasteiger partial charge in [0.05, 0.1) is 0 Å². The summed E-state index contributed by atoms with van der Waals surface area (Å²) in [6.45, 7) is -0.982. The molecule has 1 aliphatic carbocycles. The number of benzene rings is 3. The van der Waals surface area contributed by atoms with E-state index in [9.17, 15) is 13.2 Å². The molecule has 0 atom stereocenters. The third-order valence-electron chi connectivity index (χ3n) is 6.60. The van der Waals surface area contributed by atoms with Gasteiger partial charge in [0, 0.05) is 16.9 Å². The van der Waals surface area contributed by atoms with Gasteiger partial charge >= 0.3 is 6.61 Å². The molecule has 4 rings (SSSR count). The van der Waals surface area contributed by atoms with Crippen molar-refractivity contribution >= 4 is 10.8 Å². The molecular formula is C30H29F3O. The molecule has 3 aromatic rings. The fourth-order valence-corrected chi connectivity index (χ4v) is 4.66. The Morgan fingerprint density at radius 3 is 2.41 bits per heavy atom. The van der Waals surface area contributed by atoms with Crippen LogP contribution >= 0.6 is 0 Å². The average molecular weight is 463 g/mol. The van der Waals surface area contributed by atoms with E-state index in [1.165, 1.54) is 44.6 Å². The number of rotatable bonds is 6. The van der Waals surface area contributed by atoms with E-state index < -0.39 is 18.2 Å². The first-order chi connectivity index (χ1) is 16.5. The molecule has 0 spiro atoms. The van der Waals surface area contributed by atoms with E-state index in [0.29, 0.717) is 11.3 Å². The largest absolute Gasteiger partial charge is 0.432 e. The van der Waals surface area contributed by atoms with Gasteiger partial charge in [-0.05, 0) is 92.1 Å². The number of fused-ring (bicyclic) bond motifs is 1. The first-order valence-electron chi connectivity index (χ1n) is 11.9. The number of hydrogen-bond acceptors (Lipinski definition) is 1. The monoisotopic (exact) mass is 462 g/mol. The summed E-state index contributed by atoms with van der Waals surface area (Å²) in [5, 5.41) is 0.878. The van der Waals surface area contributed by atoms with Crippen molar-refractivity contribution in [1.82, 2.24) is 0 Å². The number of allylic oxidation sites excluding steroid dienone is 2. The van der Waals surface area contributed by atoms with Crippen LogP contribution in [0.1, 0.15) is 51.0 Å². The molecule has 0 amide bonds. The summed E-state index contributed by atoms with van der Waals surface area (Å²) in [5.41, 5.74) is 2.90. The normalized spacial score (nSPS) is 18.3. The number of ether oxygens (including phenoxy) is 1. The Hall–Kier alpha value is -3.19. The summed E-state index contributed by atoms with van der Waals surface area (Å²) in [6.07, 6.45) is 11.8. The Kier molecular flexibility index (Phi) is 7.95. The molecule has 0 aromatic heterocycles. The van der Waals surface area contributed by atoms with E-state index in [1.807, 2.05) is 30.3 Å². The van der Waals surface area contributed by atoms with Gasteiger partial charge in [0.2, 0.25) is 0 Å². The van der Waals surface area contributed by atoms with E-state index >= 15 is 0 Å². The van der Waals surface area contributed by atoms with Gasteiger partial charge < -0.3 is 4.74 Å². The fraction of sp³-hybridized carbons (Fsp3) is 0.333. The molecule has 1 saturated carbocycles. The van der Waals surface area contributed by atoms with Crippen molar-refractivity contribution in [2.24, 2.45) is 11.8 Å². The molecule has 1 nitrogen and oxygen atoms in total. The number of halogens is 3. The quantitative estimate of drug-likeness (QED) is 0.263. The molecule has 0 bridgehead atoms. The summed E-state index contributed by atoms with van der Waals surface area (Å²) < 4.78 is 43.6. The zero-order chi connectivity index (χ0) is 23.9. The van der Waals surface area contributed by atoms with Gasteiger partial charge in [0.25, 0.3) is 0 Å². The first kappa shape index (κ1) is 24.0. The summed E-state index contributed by atoms with van der Waals surface area (Å²) in [4.78, 5) is 0. The van der Waals surface area contributed by atoms with Crippen LogP contribution in [0.5, 0.6) is 5.75 Å². The van der Waals surface area contributed by atoms with Crippen molar-refractivity contribution in [3.63, 3.8) is 0 Å². The fourth-order valence-electron chi connectivity index (χ4n) is 4.66. The van der Waals surface area contributed by atoms with Gasteiger partial charge in [0.1, 0.15) is 0 Å². The Labute approximate surface area is 199 Å². The third-order valence-corrected chi connectivity index (χ3v) is 6.60. The lowest BCUT2D eigenvalue weighted by Crippen LogP contribution is -2.13. The van der Waals surface area contributed by atoms with E-state index in [0.717, 1.165) is 22.6 Å². The first-order valence-corrected chi connectivity index (χ1v) is 11.9. The Balaban J connectivity index is 1.40. The van der Waals surface area contributed by atoms with Crippen molar-refractivity contribution in [1.29, 1.82) is 0 Å². The number of hydrogen-bond donors (Lipinski definition) is 0. The molecule has 34 heavy (non-hydrogen) atoms. The van der Waals surface area contributed by atoms with Gasteiger partial charge in [-0.15, -0.1) is 0 Å². The molecule has 176 valence electrons. The molecule has 0 saturated heterocycles. The Morgan fingerprint density at radius 2 is 1.71 bits per heavy atom. The second kappa shape index (κ2) is 11.3. The van der Waals surface area contributed by atoms with Crippen molar-refractivity contribution < 1.29 is 17.9 Å². The minimum atomic E-state index is -3.06. The maximum atomic E-state index is 14.5. The van der Waals surface area contributed by atoms with Gasteiger partial charge in [-0.1, -0.05) is 54.3 Å². The van der Waals surface area contributed by atoms with Crippen molar-refractivity contribution in [2.45, 2.75) is 52.1 Å². The lowest BCUT2D eigenvalue weighted by molar-refractivity contribution is -0.0520. The van der Waals surface area contributed by atoms with Crippen LogP contribution < -0.4 is 4.74 Å². The van der Waals surface area contributed by atoms with Gasteiger partial charge in [-0.25, -0.2) is 4.39 Å². The SMILES string of the molecule is C/C=C/CCC1CCC(C#Cc2ccc(-c3ccc4c(F)c(OC(F)F)ccc4c3)cc2)CC1. The maximum Gasteiger partial charge on any atom is 0.387 e. The standard InChI is InChI=1S/C30H29F3O/c1-2-3-4-5-21-6-8-22(9-7-21)10-11-23-12-14-24(15-13-23)25-16-18-27-26(20-25)17-19-28(29(27)31)34-30(32)33/h2-3,12-22,30H,4-9H2,1H3/b3-2+. The average Bonchev–Trinajstić information content (AvgIpc) is 2.85. The summed E-state index contributed by atoms with van der Waals surface area (Å²) in [5.74, 6) is 6.89. The minimum absolute atomic E-state index is 0.251. The second-order valence-electron chi connectivity index (χ2n) is 8.90. The highest BCUT2D eigenvalue weighted by molar-refractivity contribution is 5.89. The zero-order valence-corrected chi connectivity index (χ0v) is 19.4. The van der Waals surface area contributed by atoms with E-state index in [1.54, 1.807) is 18.2 Å². The van der Waals surface area contributed by atoms with Crippen LogP contribution in [0.4, 0.5) is 13.2 Å². The second-order valence-corrected chi connectivity index (χ2v) is 8.90. The molecule has 1 fully saturated rings. The molecular weight excluding hydrogens is 433 g/mol. The lowest BCUT2D eigenvalue weighted by atomic mass is 9.80. The van der Waals surface area contributed by atoms with E-state index in [2.05, 4.69) is 35.7 Å². The van der Waals surface area contributed by atoms with E-state index in [4.69, 9.17) is 0 Å². The molecule has 1 aliphatic rings. The molecule has 0 unspecified atom stereocenters. The van der Waals surface area contributed by atoms with Crippen molar-refractivity contribution in [3.05, 3.63) is 78.1 Å². The van der Waals surface area contributed by atoms with Gasteiger partial charge in [0.15, 0.2) is 11.6 Å². The van der Waals surface area contributed by atoms with Crippen LogP contribution in [0.3, 0.4) is 0 Å². The van der Waals surface area contributed by atoms with Gasteiger partial charge in [-0.2, -0.15) is 8.78 Å². The maximum absolute atomic E-state index is 14.5. The molecule has 3 aromatic carbocycles. The minimum Gasteiger partial charge on any atom is -0.432 e. The van der Waals surface area contributed by atoms with Crippen LogP contribution in [0, 0.1) is 29.5 Å². The molecule has 0 heterocycles. The van der Waals surface area contributed by atoms with Crippen LogP contribution in [0.15, 0.2) is 66.7 Å². The Bertz CT molecular complexity index is 1190. The zero-order valence-electron chi connectivity index (χ0n) is 19.4. The third kappa shape index (κ3) is 6.03. The molecule has 0 radical (unpaired) electrons. The smallest absolute Gasteiger partial charge is 0.387 e.